The molecule has 0 unspecified atom stereocenters. The maximum atomic E-state index is 11.8. The van der Waals surface area contributed by atoms with Gasteiger partial charge in [-0.05, 0) is 51.5 Å². The van der Waals surface area contributed by atoms with E-state index in [-0.39, 0.29) is 6.04 Å². The largest absolute Gasteiger partial charge is 0.495 e. The number of amides is 2. The van der Waals surface area contributed by atoms with Crippen molar-refractivity contribution in [2.75, 3.05) is 7.11 Å². The lowest BCUT2D eigenvalue weighted by atomic mass is 10.2. The molecule has 0 saturated carbocycles. The summed E-state index contributed by atoms with van der Waals surface area (Å²) in [5.41, 5.74) is 5.84. The Kier molecular flexibility index (Phi) is 7.23. The second kappa shape index (κ2) is 9.41. The number of aromatic nitrogens is 1. The van der Waals surface area contributed by atoms with E-state index in [9.17, 15) is 9.59 Å². The summed E-state index contributed by atoms with van der Waals surface area (Å²) in [4.78, 5) is 23.5. The lowest BCUT2D eigenvalue weighted by Crippen LogP contribution is -2.41. The Morgan fingerprint density at radius 1 is 1.29 bits per heavy atom. The van der Waals surface area contributed by atoms with E-state index in [1.807, 2.05) is 50.5 Å². The predicted molar refractivity (Wildman–Crippen MR) is 110 cm³/mol. The monoisotopic (exact) mass is 404 g/mol. The highest BCUT2D eigenvalue weighted by Gasteiger charge is 2.15. The van der Waals surface area contributed by atoms with Crippen LogP contribution in [0, 0.1) is 13.8 Å². The first-order valence-corrected chi connectivity index (χ1v) is 9.33. The number of ether oxygens (including phenoxy) is 1. The molecule has 2 aromatic rings. The number of rotatable bonds is 6. The van der Waals surface area contributed by atoms with Crippen LogP contribution >= 0.6 is 11.6 Å². The normalized spacial score (nSPS) is 12.1. The highest BCUT2D eigenvalue weighted by molar-refractivity contribution is 6.35. The third-order valence-corrected chi connectivity index (χ3v) is 4.73. The zero-order valence-electron chi connectivity index (χ0n) is 16.7. The molecule has 150 valence electrons. The molecule has 1 aromatic carbocycles. The van der Waals surface area contributed by atoms with Crippen LogP contribution in [-0.2, 0) is 9.59 Å². The molecule has 1 atom stereocenters. The number of nitrogens with one attached hydrogen (secondary N) is 2. The third-order valence-electron chi connectivity index (χ3n) is 4.43. The van der Waals surface area contributed by atoms with E-state index in [1.54, 1.807) is 13.2 Å². The van der Waals surface area contributed by atoms with Gasteiger partial charge in [-0.2, -0.15) is 5.10 Å². The van der Waals surface area contributed by atoms with Crippen LogP contribution in [0.2, 0.25) is 5.02 Å². The molecule has 0 radical (unpaired) electrons. The number of methoxy groups -OCH3 is 1. The van der Waals surface area contributed by atoms with Gasteiger partial charge in [0.25, 0.3) is 0 Å². The summed E-state index contributed by atoms with van der Waals surface area (Å²) in [7, 11) is 1.57. The number of aryl methyl sites for hydroxylation is 1. The van der Waals surface area contributed by atoms with Gasteiger partial charge in [0.05, 0.1) is 18.3 Å². The van der Waals surface area contributed by atoms with Crippen molar-refractivity contribution in [2.24, 2.45) is 5.10 Å². The van der Waals surface area contributed by atoms with Gasteiger partial charge in [0.1, 0.15) is 5.75 Å². The van der Waals surface area contributed by atoms with Crippen molar-refractivity contribution < 1.29 is 14.3 Å². The number of carbonyl (C=O) groups is 2. The van der Waals surface area contributed by atoms with Gasteiger partial charge in [-0.1, -0.05) is 18.5 Å². The van der Waals surface area contributed by atoms with Gasteiger partial charge in [0.15, 0.2) is 0 Å². The SMILES string of the molecule is CC[C@@H](C)NC(=O)C(=O)N/N=C\c1cc(C)n(-c2ccc(OC)c(Cl)c2)c1C. The van der Waals surface area contributed by atoms with Crippen LogP contribution < -0.4 is 15.5 Å². The quantitative estimate of drug-likeness (QED) is 0.440. The van der Waals surface area contributed by atoms with Gasteiger partial charge in [0, 0.05) is 28.7 Å². The Bertz CT molecular complexity index is 905. The van der Waals surface area contributed by atoms with E-state index in [2.05, 4.69) is 15.8 Å². The molecule has 7 nitrogen and oxygen atoms in total. The highest BCUT2D eigenvalue weighted by atomic mass is 35.5. The summed E-state index contributed by atoms with van der Waals surface area (Å²) in [5.74, 6) is -0.898. The van der Waals surface area contributed by atoms with E-state index < -0.39 is 11.8 Å². The molecule has 0 spiro atoms. The Labute approximate surface area is 169 Å². The van der Waals surface area contributed by atoms with Gasteiger partial charge < -0.3 is 14.6 Å². The van der Waals surface area contributed by atoms with E-state index in [0.717, 1.165) is 29.1 Å². The van der Waals surface area contributed by atoms with Crippen LogP contribution in [0.3, 0.4) is 0 Å². The standard InChI is InChI=1S/C20H25ClN4O3/c1-6-12(2)23-19(26)20(27)24-22-11-15-9-13(3)25(14(15)4)16-7-8-18(28-5)17(21)10-16/h7-12H,6H2,1-5H3,(H,23,26)(H,24,27)/b22-11-/t12-/m1/s1. The number of carbonyl (C=O) groups excluding carboxylic acids is 2. The Morgan fingerprint density at radius 3 is 2.61 bits per heavy atom. The summed E-state index contributed by atoms with van der Waals surface area (Å²) in [6, 6.07) is 7.40. The number of nitrogens with zero attached hydrogens (tertiary/aromatic N) is 2. The molecule has 28 heavy (non-hydrogen) atoms. The van der Waals surface area contributed by atoms with Crippen LogP contribution in [0.1, 0.15) is 37.2 Å². The summed E-state index contributed by atoms with van der Waals surface area (Å²) in [5, 5.41) is 7.01. The molecule has 1 aromatic heterocycles. The van der Waals surface area contributed by atoms with Crippen LogP contribution in [0.4, 0.5) is 0 Å². The van der Waals surface area contributed by atoms with Crippen molar-refractivity contribution in [3.05, 3.63) is 46.2 Å². The average molecular weight is 405 g/mol. The molecular formula is C20H25ClN4O3. The summed E-state index contributed by atoms with van der Waals surface area (Å²) in [6.07, 6.45) is 2.25. The zero-order chi connectivity index (χ0) is 20.8. The molecule has 0 aliphatic carbocycles. The van der Waals surface area contributed by atoms with Crippen molar-refractivity contribution in [1.29, 1.82) is 0 Å². The molecule has 1 heterocycles. The van der Waals surface area contributed by atoms with E-state index in [0.29, 0.717) is 10.8 Å². The molecule has 2 N–H and O–H groups in total. The fraction of sp³-hybridized carbons (Fsp3) is 0.350. The van der Waals surface area contributed by atoms with Gasteiger partial charge in [-0.25, -0.2) is 5.43 Å². The number of hydrogen-bond donors (Lipinski definition) is 2. The van der Waals surface area contributed by atoms with Crippen LogP contribution in [-0.4, -0.2) is 35.7 Å². The Hall–Kier alpha value is -2.80. The second-order valence-corrected chi connectivity index (χ2v) is 6.87. The second-order valence-electron chi connectivity index (χ2n) is 6.46. The fourth-order valence-corrected chi connectivity index (χ4v) is 2.96. The predicted octanol–water partition coefficient (Wildman–Crippen LogP) is 3.12. The van der Waals surface area contributed by atoms with E-state index in [4.69, 9.17) is 16.3 Å². The number of halogens is 1. The Morgan fingerprint density at radius 2 is 2.00 bits per heavy atom. The van der Waals surface area contributed by atoms with Gasteiger partial charge in [-0.3, -0.25) is 9.59 Å². The number of hydrazone groups is 1. The maximum Gasteiger partial charge on any atom is 0.329 e. The van der Waals surface area contributed by atoms with Gasteiger partial charge >= 0.3 is 11.8 Å². The highest BCUT2D eigenvalue weighted by Crippen LogP contribution is 2.28. The Balaban J connectivity index is 2.15. The molecule has 0 fully saturated rings. The molecule has 0 saturated heterocycles. The molecule has 0 aliphatic rings. The molecular weight excluding hydrogens is 380 g/mol. The van der Waals surface area contributed by atoms with Crippen molar-refractivity contribution in [2.45, 2.75) is 40.2 Å². The fourth-order valence-electron chi connectivity index (χ4n) is 2.71. The van der Waals surface area contributed by atoms with Gasteiger partial charge in [0.2, 0.25) is 0 Å². The summed E-state index contributed by atoms with van der Waals surface area (Å²) >= 11 is 6.24. The lowest BCUT2D eigenvalue weighted by Gasteiger charge is -2.11. The zero-order valence-corrected chi connectivity index (χ0v) is 17.4. The molecule has 2 amide bonds. The molecule has 0 bridgehead atoms. The topological polar surface area (TPSA) is 84.7 Å². The van der Waals surface area contributed by atoms with E-state index >= 15 is 0 Å². The molecule has 0 aliphatic heterocycles. The molecule has 8 heteroatoms. The first kappa shape index (κ1) is 21.5. The van der Waals surface area contributed by atoms with Crippen molar-refractivity contribution >= 4 is 29.6 Å². The van der Waals surface area contributed by atoms with Crippen molar-refractivity contribution in [1.82, 2.24) is 15.3 Å². The van der Waals surface area contributed by atoms with Crippen LogP contribution in [0.25, 0.3) is 5.69 Å². The summed E-state index contributed by atoms with van der Waals surface area (Å²) in [6.45, 7) is 7.64. The first-order valence-electron chi connectivity index (χ1n) is 8.95. The minimum atomic E-state index is -0.799. The number of hydrogen-bond acceptors (Lipinski definition) is 4. The van der Waals surface area contributed by atoms with Crippen LogP contribution in [0.15, 0.2) is 29.4 Å². The van der Waals surface area contributed by atoms with Gasteiger partial charge in [-0.15, -0.1) is 0 Å². The minimum absolute atomic E-state index is 0.0718. The average Bonchev–Trinajstić information content (AvgIpc) is 2.94. The van der Waals surface area contributed by atoms with Crippen molar-refractivity contribution in [3.8, 4) is 11.4 Å². The first-order chi connectivity index (χ1) is 13.3. The molecule has 2 rings (SSSR count). The van der Waals surface area contributed by atoms with Crippen molar-refractivity contribution in [3.63, 3.8) is 0 Å². The van der Waals surface area contributed by atoms with Crippen LogP contribution in [0.5, 0.6) is 5.75 Å². The summed E-state index contributed by atoms with van der Waals surface area (Å²) < 4.78 is 7.21. The lowest BCUT2D eigenvalue weighted by molar-refractivity contribution is -0.139. The minimum Gasteiger partial charge on any atom is -0.495 e. The maximum absolute atomic E-state index is 11.8. The number of benzene rings is 1. The smallest absolute Gasteiger partial charge is 0.329 e. The van der Waals surface area contributed by atoms with E-state index in [1.165, 1.54) is 6.21 Å². The third kappa shape index (κ3) is 4.92.